The molecule has 0 saturated heterocycles. The van der Waals surface area contributed by atoms with E-state index in [1.807, 2.05) is 6.08 Å². The van der Waals surface area contributed by atoms with Crippen molar-refractivity contribution in [3.8, 4) is 16.8 Å². The Kier molecular flexibility index (Phi) is 5.12. The van der Waals surface area contributed by atoms with E-state index in [-0.39, 0.29) is 0 Å². The van der Waals surface area contributed by atoms with Crippen LogP contribution in [0, 0.1) is 6.92 Å². The molecule has 0 aliphatic rings. The van der Waals surface area contributed by atoms with Gasteiger partial charge in [-0.25, -0.2) is 0 Å². The summed E-state index contributed by atoms with van der Waals surface area (Å²) in [7, 11) is 0. The van der Waals surface area contributed by atoms with Crippen LogP contribution in [0.1, 0.15) is 23.7 Å². The third-order valence-corrected chi connectivity index (χ3v) is 7.07. The fraction of sp³-hybridized carbons (Fsp3) is 0.0588. The first-order chi connectivity index (χ1) is 17.2. The minimum Gasteiger partial charge on any atom is -0.309 e. The molecule has 0 unspecified atom stereocenters. The quantitative estimate of drug-likeness (QED) is 0.236. The maximum absolute atomic E-state index is 4.13. The molecule has 0 atom stereocenters. The van der Waals surface area contributed by atoms with E-state index in [2.05, 4.69) is 134 Å². The highest BCUT2D eigenvalue weighted by Crippen LogP contribution is 2.40. The van der Waals surface area contributed by atoms with Gasteiger partial charge >= 0.3 is 0 Å². The standard InChI is InChI=1S/C34H27N/c1-4-13-32-26(5-2)29-18-10-11-21-33(29)35(32)25-15-12-14-24(22-25)34-30-19-8-6-16-27(30)23(3)28-17-7-9-20-31(28)34/h4-22H,2H2,1,3H3/b13-4-. The van der Waals surface area contributed by atoms with Crippen LogP contribution in [0.15, 0.2) is 110 Å². The van der Waals surface area contributed by atoms with Gasteiger partial charge in [0.15, 0.2) is 0 Å². The van der Waals surface area contributed by atoms with E-state index in [0.29, 0.717) is 0 Å². The number of benzene rings is 5. The van der Waals surface area contributed by atoms with Crippen molar-refractivity contribution in [2.24, 2.45) is 0 Å². The number of fused-ring (bicyclic) bond motifs is 3. The molecule has 1 nitrogen and oxygen atoms in total. The van der Waals surface area contributed by atoms with Gasteiger partial charge in [-0.3, -0.25) is 0 Å². The topological polar surface area (TPSA) is 4.93 Å². The molecule has 0 aliphatic carbocycles. The molecule has 0 N–H and O–H groups in total. The monoisotopic (exact) mass is 449 g/mol. The van der Waals surface area contributed by atoms with Gasteiger partial charge in [0.1, 0.15) is 0 Å². The number of para-hydroxylation sites is 1. The van der Waals surface area contributed by atoms with Gasteiger partial charge in [-0.2, -0.15) is 0 Å². The lowest BCUT2D eigenvalue weighted by atomic mass is 9.89. The van der Waals surface area contributed by atoms with Crippen LogP contribution >= 0.6 is 0 Å². The van der Waals surface area contributed by atoms with Gasteiger partial charge in [0.25, 0.3) is 0 Å². The Morgan fingerprint density at radius 1 is 0.686 bits per heavy atom. The van der Waals surface area contributed by atoms with E-state index >= 15 is 0 Å². The maximum Gasteiger partial charge on any atom is 0.0541 e. The molecule has 0 spiro atoms. The Hall–Kier alpha value is -4.36. The normalized spacial score (nSPS) is 11.7. The van der Waals surface area contributed by atoms with Crippen molar-refractivity contribution in [3.05, 3.63) is 127 Å². The number of aromatic nitrogens is 1. The van der Waals surface area contributed by atoms with Crippen LogP contribution < -0.4 is 0 Å². The third-order valence-electron chi connectivity index (χ3n) is 7.07. The van der Waals surface area contributed by atoms with Crippen LogP contribution in [0.4, 0.5) is 0 Å². The van der Waals surface area contributed by atoms with Crippen LogP contribution in [0.25, 0.3) is 61.4 Å². The first kappa shape index (κ1) is 21.2. The van der Waals surface area contributed by atoms with Gasteiger partial charge in [0.2, 0.25) is 0 Å². The fourth-order valence-electron chi connectivity index (χ4n) is 5.56. The first-order valence-corrected chi connectivity index (χ1v) is 12.1. The Bertz CT molecular complexity index is 1720. The number of hydrogen-bond donors (Lipinski definition) is 0. The minimum absolute atomic E-state index is 1.15. The largest absolute Gasteiger partial charge is 0.309 e. The second kappa shape index (κ2) is 8.45. The lowest BCUT2D eigenvalue weighted by molar-refractivity contribution is 1.11. The van der Waals surface area contributed by atoms with E-state index in [0.717, 1.165) is 16.9 Å². The van der Waals surface area contributed by atoms with Crippen molar-refractivity contribution in [3.63, 3.8) is 0 Å². The maximum atomic E-state index is 4.13. The summed E-state index contributed by atoms with van der Waals surface area (Å²) in [6.07, 6.45) is 6.25. The third kappa shape index (κ3) is 3.24. The number of rotatable bonds is 4. The molecular weight excluding hydrogens is 422 g/mol. The summed E-state index contributed by atoms with van der Waals surface area (Å²) in [4.78, 5) is 0. The summed E-state index contributed by atoms with van der Waals surface area (Å²) in [5.41, 5.74) is 8.49. The Morgan fingerprint density at radius 3 is 1.91 bits per heavy atom. The number of hydrogen-bond acceptors (Lipinski definition) is 0. The van der Waals surface area contributed by atoms with E-state index in [1.54, 1.807) is 0 Å². The molecule has 1 heteroatoms. The van der Waals surface area contributed by atoms with Crippen LogP contribution in [0.2, 0.25) is 0 Å². The van der Waals surface area contributed by atoms with Crippen molar-refractivity contribution >= 4 is 44.6 Å². The average molecular weight is 450 g/mol. The first-order valence-electron chi connectivity index (χ1n) is 12.1. The average Bonchev–Trinajstić information content (AvgIpc) is 3.22. The number of allylic oxidation sites excluding steroid dienone is 1. The van der Waals surface area contributed by atoms with Gasteiger partial charge < -0.3 is 4.57 Å². The second-order valence-corrected chi connectivity index (χ2v) is 9.00. The zero-order chi connectivity index (χ0) is 23.9. The molecule has 0 radical (unpaired) electrons. The van der Waals surface area contributed by atoms with Crippen LogP contribution in [-0.2, 0) is 0 Å². The Morgan fingerprint density at radius 2 is 1.29 bits per heavy atom. The van der Waals surface area contributed by atoms with E-state index in [1.165, 1.54) is 49.1 Å². The molecule has 168 valence electrons. The van der Waals surface area contributed by atoms with Crippen molar-refractivity contribution in [1.82, 2.24) is 4.57 Å². The molecule has 0 fully saturated rings. The number of nitrogens with zero attached hydrogens (tertiary/aromatic N) is 1. The fourth-order valence-corrected chi connectivity index (χ4v) is 5.56. The van der Waals surface area contributed by atoms with Crippen LogP contribution in [0.3, 0.4) is 0 Å². The summed E-state index contributed by atoms with van der Waals surface area (Å²) in [5.74, 6) is 0. The second-order valence-electron chi connectivity index (χ2n) is 9.00. The molecule has 1 heterocycles. The highest BCUT2D eigenvalue weighted by Gasteiger charge is 2.17. The van der Waals surface area contributed by atoms with Gasteiger partial charge in [-0.15, -0.1) is 0 Å². The summed E-state index contributed by atoms with van der Waals surface area (Å²) in [6.45, 7) is 8.42. The smallest absolute Gasteiger partial charge is 0.0541 e. The predicted octanol–water partition coefficient (Wildman–Crippen LogP) is 9.59. The highest BCUT2D eigenvalue weighted by molar-refractivity contribution is 6.15. The Labute approximate surface area is 206 Å². The molecule has 6 aromatic rings. The molecule has 0 amide bonds. The van der Waals surface area contributed by atoms with Crippen molar-refractivity contribution < 1.29 is 0 Å². The molecule has 6 rings (SSSR count). The van der Waals surface area contributed by atoms with Gasteiger partial charge in [-0.05, 0) is 76.4 Å². The van der Waals surface area contributed by atoms with Crippen molar-refractivity contribution in [1.29, 1.82) is 0 Å². The molecule has 5 aromatic carbocycles. The minimum atomic E-state index is 1.15. The molecule has 35 heavy (non-hydrogen) atoms. The zero-order valence-corrected chi connectivity index (χ0v) is 20.1. The summed E-state index contributed by atoms with van der Waals surface area (Å²) in [5, 5.41) is 6.41. The molecule has 0 saturated carbocycles. The summed E-state index contributed by atoms with van der Waals surface area (Å²) < 4.78 is 2.36. The SMILES string of the molecule is C=Cc1c(/C=C\C)n(-c2cccc(-c3c4ccccc4c(C)c4ccccc34)c2)c2ccccc12. The Balaban J connectivity index is 1.70. The predicted molar refractivity (Wildman–Crippen MR) is 153 cm³/mol. The molecule has 1 aromatic heterocycles. The van der Waals surface area contributed by atoms with E-state index < -0.39 is 0 Å². The number of aryl methyl sites for hydroxylation is 1. The van der Waals surface area contributed by atoms with Crippen LogP contribution in [0.5, 0.6) is 0 Å². The van der Waals surface area contributed by atoms with E-state index in [9.17, 15) is 0 Å². The molecular formula is C34H27N. The van der Waals surface area contributed by atoms with Gasteiger partial charge in [-0.1, -0.05) is 97.6 Å². The van der Waals surface area contributed by atoms with Crippen molar-refractivity contribution in [2.75, 3.05) is 0 Å². The summed E-state index contributed by atoms with van der Waals surface area (Å²) in [6, 6.07) is 35.1. The highest BCUT2D eigenvalue weighted by atomic mass is 15.0. The van der Waals surface area contributed by atoms with Gasteiger partial charge in [0, 0.05) is 16.6 Å². The van der Waals surface area contributed by atoms with Gasteiger partial charge in [0.05, 0.1) is 11.2 Å². The molecule has 0 aliphatic heterocycles. The lowest BCUT2D eigenvalue weighted by Crippen LogP contribution is -1.98. The molecule has 0 bridgehead atoms. The zero-order valence-electron chi connectivity index (χ0n) is 20.1. The lowest BCUT2D eigenvalue weighted by Gasteiger charge is -2.17. The summed E-state index contributed by atoms with van der Waals surface area (Å²) >= 11 is 0. The van der Waals surface area contributed by atoms with E-state index in [4.69, 9.17) is 0 Å². The van der Waals surface area contributed by atoms with Crippen molar-refractivity contribution in [2.45, 2.75) is 13.8 Å². The van der Waals surface area contributed by atoms with Crippen LogP contribution in [-0.4, -0.2) is 4.57 Å².